The predicted molar refractivity (Wildman–Crippen MR) is 45.2 cm³/mol. The van der Waals surface area contributed by atoms with Crippen molar-refractivity contribution in [2.75, 3.05) is 14.2 Å². The van der Waals surface area contributed by atoms with Crippen molar-refractivity contribution in [1.29, 1.82) is 0 Å². The van der Waals surface area contributed by atoms with E-state index in [2.05, 4.69) is 4.98 Å². The van der Waals surface area contributed by atoms with Gasteiger partial charge in [-0.3, -0.25) is 0 Å². The maximum atomic E-state index is 5.45. The molecular weight excluding hydrogens is 156 g/mol. The highest BCUT2D eigenvalue weighted by Gasteiger charge is 2.03. The van der Waals surface area contributed by atoms with Crippen LogP contribution in [0.5, 0.6) is 11.6 Å². The third kappa shape index (κ3) is 1.65. The van der Waals surface area contributed by atoms with E-state index in [-0.39, 0.29) is 0 Å². The highest BCUT2D eigenvalue weighted by atomic mass is 16.5. The zero-order valence-electron chi connectivity index (χ0n) is 7.20. The van der Waals surface area contributed by atoms with Crippen molar-refractivity contribution in [3.05, 3.63) is 17.8 Å². The molecule has 1 aromatic rings. The van der Waals surface area contributed by atoms with E-state index in [0.29, 0.717) is 23.9 Å². The van der Waals surface area contributed by atoms with Crippen molar-refractivity contribution in [2.45, 2.75) is 6.54 Å². The Morgan fingerprint density at radius 3 is 2.58 bits per heavy atom. The average molecular weight is 168 g/mol. The second-order valence-corrected chi connectivity index (χ2v) is 2.21. The van der Waals surface area contributed by atoms with Crippen molar-refractivity contribution in [2.24, 2.45) is 5.73 Å². The second-order valence-electron chi connectivity index (χ2n) is 2.21. The molecule has 0 saturated heterocycles. The highest BCUT2D eigenvalue weighted by molar-refractivity contribution is 5.31. The fourth-order valence-electron chi connectivity index (χ4n) is 0.914. The molecular formula is C8H12N2O2. The smallest absolute Gasteiger partial charge is 0.213 e. The molecule has 0 aliphatic carbocycles. The van der Waals surface area contributed by atoms with E-state index < -0.39 is 0 Å². The molecule has 0 spiro atoms. The SMILES string of the molecule is COc1ccc(OC)c(CN)n1. The summed E-state index contributed by atoms with van der Waals surface area (Å²) in [5.41, 5.74) is 6.16. The van der Waals surface area contributed by atoms with E-state index in [1.54, 1.807) is 26.4 Å². The van der Waals surface area contributed by atoms with Crippen LogP contribution in [-0.2, 0) is 6.54 Å². The molecule has 4 heteroatoms. The van der Waals surface area contributed by atoms with Gasteiger partial charge in [0.2, 0.25) is 5.88 Å². The molecule has 12 heavy (non-hydrogen) atoms. The Hall–Kier alpha value is -1.29. The molecule has 0 saturated carbocycles. The maximum absolute atomic E-state index is 5.45. The number of pyridine rings is 1. The van der Waals surface area contributed by atoms with Crippen molar-refractivity contribution in [3.8, 4) is 11.6 Å². The van der Waals surface area contributed by atoms with Crippen molar-refractivity contribution < 1.29 is 9.47 Å². The van der Waals surface area contributed by atoms with Crippen LogP contribution >= 0.6 is 0 Å². The number of aromatic nitrogens is 1. The van der Waals surface area contributed by atoms with Crippen LogP contribution in [0.2, 0.25) is 0 Å². The molecule has 1 heterocycles. The summed E-state index contributed by atoms with van der Waals surface area (Å²) >= 11 is 0. The third-order valence-electron chi connectivity index (χ3n) is 1.53. The second kappa shape index (κ2) is 3.92. The lowest BCUT2D eigenvalue weighted by molar-refractivity contribution is 0.382. The largest absolute Gasteiger partial charge is 0.495 e. The number of nitrogens with zero attached hydrogens (tertiary/aromatic N) is 1. The van der Waals surface area contributed by atoms with Gasteiger partial charge in [0, 0.05) is 12.6 Å². The molecule has 4 nitrogen and oxygen atoms in total. The number of ether oxygens (including phenoxy) is 2. The molecule has 0 atom stereocenters. The lowest BCUT2D eigenvalue weighted by Crippen LogP contribution is -2.03. The summed E-state index contributed by atoms with van der Waals surface area (Å²) < 4.78 is 9.97. The van der Waals surface area contributed by atoms with Crippen molar-refractivity contribution in [3.63, 3.8) is 0 Å². The van der Waals surface area contributed by atoms with E-state index in [0.717, 1.165) is 0 Å². The minimum absolute atomic E-state index is 0.348. The fraction of sp³-hybridized carbons (Fsp3) is 0.375. The monoisotopic (exact) mass is 168 g/mol. The van der Waals surface area contributed by atoms with E-state index in [1.165, 1.54) is 0 Å². The molecule has 1 aromatic heterocycles. The predicted octanol–water partition coefficient (Wildman–Crippen LogP) is 0.557. The molecule has 0 aromatic carbocycles. The maximum Gasteiger partial charge on any atom is 0.213 e. The Morgan fingerprint density at radius 1 is 1.33 bits per heavy atom. The first-order valence-electron chi connectivity index (χ1n) is 3.59. The van der Waals surface area contributed by atoms with Gasteiger partial charge < -0.3 is 15.2 Å². The summed E-state index contributed by atoms with van der Waals surface area (Å²) in [6.45, 7) is 0.348. The van der Waals surface area contributed by atoms with Gasteiger partial charge >= 0.3 is 0 Å². The minimum Gasteiger partial charge on any atom is -0.495 e. The highest BCUT2D eigenvalue weighted by Crippen LogP contribution is 2.18. The van der Waals surface area contributed by atoms with Gasteiger partial charge in [0.25, 0.3) is 0 Å². The zero-order valence-corrected chi connectivity index (χ0v) is 7.20. The zero-order chi connectivity index (χ0) is 8.97. The minimum atomic E-state index is 0.348. The van der Waals surface area contributed by atoms with E-state index in [1.807, 2.05) is 0 Å². The van der Waals surface area contributed by atoms with Gasteiger partial charge in [-0.25, -0.2) is 4.98 Å². The molecule has 2 N–H and O–H groups in total. The Kier molecular flexibility index (Phi) is 2.88. The summed E-state index contributed by atoms with van der Waals surface area (Å²) in [4.78, 5) is 4.11. The number of rotatable bonds is 3. The summed E-state index contributed by atoms with van der Waals surface area (Å²) in [6.07, 6.45) is 0. The normalized spacial score (nSPS) is 9.58. The van der Waals surface area contributed by atoms with Crippen LogP contribution in [0.15, 0.2) is 12.1 Å². The Labute approximate surface area is 71.3 Å². The molecule has 0 amide bonds. The van der Waals surface area contributed by atoms with Crippen LogP contribution in [0.1, 0.15) is 5.69 Å². The summed E-state index contributed by atoms with van der Waals surface area (Å²) in [7, 11) is 3.15. The van der Waals surface area contributed by atoms with Crippen LogP contribution in [0, 0.1) is 0 Å². The van der Waals surface area contributed by atoms with Gasteiger partial charge in [-0.2, -0.15) is 0 Å². The molecule has 1 rings (SSSR count). The lowest BCUT2D eigenvalue weighted by atomic mass is 10.3. The van der Waals surface area contributed by atoms with Gasteiger partial charge in [0.1, 0.15) is 5.75 Å². The van der Waals surface area contributed by atoms with E-state index in [9.17, 15) is 0 Å². The fourth-order valence-corrected chi connectivity index (χ4v) is 0.914. The number of hydrogen-bond donors (Lipinski definition) is 1. The van der Waals surface area contributed by atoms with Crippen molar-refractivity contribution in [1.82, 2.24) is 4.98 Å². The molecule has 0 radical (unpaired) electrons. The Balaban J connectivity index is 3.02. The lowest BCUT2D eigenvalue weighted by Gasteiger charge is -2.06. The molecule has 0 bridgehead atoms. The van der Waals surface area contributed by atoms with Crippen molar-refractivity contribution >= 4 is 0 Å². The Bertz CT molecular complexity index is 263. The first-order valence-corrected chi connectivity index (χ1v) is 3.59. The van der Waals surface area contributed by atoms with Gasteiger partial charge in [0.15, 0.2) is 0 Å². The topological polar surface area (TPSA) is 57.4 Å². The van der Waals surface area contributed by atoms with Crippen LogP contribution < -0.4 is 15.2 Å². The molecule has 0 aliphatic heterocycles. The number of methoxy groups -OCH3 is 2. The molecule has 0 aliphatic rings. The van der Waals surface area contributed by atoms with Gasteiger partial charge in [-0.05, 0) is 6.07 Å². The van der Waals surface area contributed by atoms with E-state index >= 15 is 0 Å². The quantitative estimate of drug-likeness (QED) is 0.716. The van der Waals surface area contributed by atoms with Crippen LogP contribution in [0.4, 0.5) is 0 Å². The van der Waals surface area contributed by atoms with Crippen LogP contribution in [0.3, 0.4) is 0 Å². The van der Waals surface area contributed by atoms with Gasteiger partial charge in [0.05, 0.1) is 19.9 Å². The van der Waals surface area contributed by atoms with Gasteiger partial charge in [-0.1, -0.05) is 0 Å². The molecule has 0 fully saturated rings. The summed E-state index contributed by atoms with van der Waals surface area (Å²) in [5.74, 6) is 1.24. The summed E-state index contributed by atoms with van der Waals surface area (Å²) in [6, 6.07) is 3.52. The van der Waals surface area contributed by atoms with Gasteiger partial charge in [-0.15, -0.1) is 0 Å². The first-order chi connectivity index (χ1) is 5.81. The average Bonchev–Trinajstić information content (AvgIpc) is 2.16. The third-order valence-corrected chi connectivity index (χ3v) is 1.53. The Morgan fingerprint density at radius 2 is 2.08 bits per heavy atom. The number of hydrogen-bond acceptors (Lipinski definition) is 4. The standard InChI is InChI=1S/C8H12N2O2/c1-11-7-3-4-8(12-2)10-6(7)5-9/h3-4H,5,9H2,1-2H3. The first kappa shape index (κ1) is 8.80. The molecule has 0 unspecified atom stereocenters. The molecule has 66 valence electrons. The van der Waals surface area contributed by atoms with Crippen LogP contribution in [-0.4, -0.2) is 19.2 Å². The summed E-state index contributed by atoms with van der Waals surface area (Å²) in [5, 5.41) is 0. The number of nitrogens with two attached hydrogens (primary N) is 1. The van der Waals surface area contributed by atoms with Crippen LogP contribution in [0.25, 0.3) is 0 Å². The van der Waals surface area contributed by atoms with E-state index in [4.69, 9.17) is 15.2 Å².